The van der Waals surface area contributed by atoms with E-state index >= 15 is 0 Å². The minimum absolute atomic E-state index is 0.110. The van der Waals surface area contributed by atoms with Crippen LogP contribution in [0.15, 0.2) is 42.5 Å². The maximum absolute atomic E-state index is 13.5. The van der Waals surface area contributed by atoms with Crippen molar-refractivity contribution >= 4 is 0 Å². The molecule has 2 rings (SSSR count). The van der Waals surface area contributed by atoms with Crippen molar-refractivity contribution in [3.63, 3.8) is 0 Å². The monoisotopic (exact) mass is 271 g/mol. The van der Waals surface area contributed by atoms with Gasteiger partial charge in [0.2, 0.25) is 0 Å². The van der Waals surface area contributed by atoms with Gasteiger partial charge in [-0.2, -0.15) is 0 Å². The first kappa shape index (κ1) is 14.7. The Kier molecular flexibility index (Phi) is 4.56. The van der Waals surface area contributed by atoms with Gasteiger partial charge in [0.05, 0.1) is 0 Å². The fourth-order valence-electron chi connectivity index (χ4n) is 2.47. The standard InChI is InChI=1S/C18H22FN/c1-12(2)10-14-4-6-15(7-5-14)18-11-16(19)8-9-17(18)13(3)20/h4-9,11-13H,10,20H2,1-3H3. The number of nitrogens with two attached hydrogens (primary N) is 1. The van der Waals surface area contributed by atoms with E-state index < -0.39 is 0 Å². The van der Waals surface area contributed by atoms with E-state index in [0.29, 0.717) is 5.92 Å². The molecule has 0 aliphatic rings. The van der Waals surface area contributed by atoms with Gasteiger partial charge in [-0.15, -0.1) is 0 Å². The van der Waals surface area contributed by atoms with Gasteiger partial charge in [0.1, 0.15) is 5.82 Å². The molecule has 0 aliphatic heterocycles. The smallest absolute Gasteiger partial charge is 0.123 e. The van der Waals surface area contributed by atoms with Crippen LogP contribution in [0.1, 0.15) is 37.9 Å². The predicted molar refractivity (Wildman–Crippen MR) is 83.0 cm³/mol. The predicted octanol–water partition coefficient (Wildman–Crippen LogP) is 4.71. The Morgan fingerprint density at radius 2 is 1.65 bits per heavy atom. The van der Waals surface area contributed by atoms with Gasteiger partial charge >= 0.3 is 0 Å². The third kappa shape index (κ3) is 3.45. The van der Waals surface area contributed by atoms with Crippen LogP contribution in [0.2, 0.25) is 0 Å². The highest BCUT2D eigenvalue weighted by atomic mass is 19.1. The van der Waals surface area contributed by atoms with E-state index in [2.05, 4.69) is 38.1 Å². The Morgan fingerprint density at radius 1 is 1.00 bits per heavy atom. The fraction of sp³-hybridized carbons (Fsp3) is 0.333. The molecule has 0 saturated carbocycles. The lowest BCUT2D eigenvalue weighted by molar-refractivity contribution is 0.626. The molecule has 2 heteroatoms. The normalized spacial score (nSPS) is 12.7. The second-order valence-electron chi connectivity index (χ2n) is 5.82. The van der Waals surface area contributed by atoms with Gasteiger partial charge in [0, 0.05) is 6.04 Å². The van der Waals surface area contributed by atoms with Crippen molar-refractivity contribution in [2.75, 3.05) is 0 Å². The van der Waals surface area contributed by atoms with Crippen LogP contribution in [-0.2, 0) is 6.42 Å². The van der Waals surface area contributed by atoms with Crippen molar-refractivity contribution in [3.05, 3.63) is 59.4 Å². The Hall–Kier alpha value is -1.67. The minimum atomic E-state index is -0.226. The molecule has 1 unspecified atom stereocenters. The van der Waals surface area contributed by atoms with Gasteiger partial charge in [0.15, 0.2) is 0 Å². The third-order valence-corrected chi connectivity index (χ3v) is 3.41. The molecule has 0 aromatic heterocycles. The van der Waals surface area contributed by atoms with Crippen LogP contribution in [0.5, 0.6) is 0 Å². The second kappa shape index (κ2) is 6.19. The molecule has 1 atom stereocenters. The topological polar surface area (TPSA) is 26.0 Å². The molecule has 0 fully saturated rings. The molecule has 0 spiro atoms. The Bertz CT molecular complexity index is 570. The summed E-state index contributed by atoms with van der Waals surface area (Å²) < 4.78 is 13.5. The molecular formula is C18H22FN. The third-order valence-electron chi connectivity index (χ3n) is 3.41. The summed E-state index contributed by atoms with van der Waals surface area (Å²) in [5.41, 5.74) is 10.2. The Balaban J connectivity index is 2.38. The van der Waals surface area contributed by atoms with Gasteiger partial charge in [-0.1, -0.05) is 44.2 Å². The summed E-state index contributed by atoms with van der Waals surface area (Å²) in [6, 6.07) is 13.0. The maximum Gasteiger partial charge on any atom is 0.123 e. The summed E-state index contributed by atoms with van der Waals surface area (Å²) in [6.45, 7) is 6.33. The SMILES string of the molecule is CC(C)Cc1ccc(-c2cc(F)ccc2C(C)N)cc1. The number of rotatable bonds is 4. The van der Waals surface area contributed by atoms with Crippen LogP contribution in [0.3, 0.4) is 0 Å². The lowest BCUT2D eigenvalue weighted by Gasteiger charge is -2.14. The number of hydrogen-bond acceptors (Lipinski definition) is 1. The summed E-state index contributed by atoms with van der Waals surface area (Å²) in [4.78, 5) is 0. The zero-order chi connectivity index (χ0) is 14.7. The number of benzene rings is 2. The van der Waals surface area contributed by atoms with Crippen molar-refractivity contribution in [1.82, 2.24) is 0 Å². The van der Waals surface area contributed by atoms with E-state index in [0.717, 1.165) is 23.1 Å². The van der Waals surface area contributed by atoms with E-state index in [1.165, 1.54) is 11.6 Å². The highest BCUT2D eigenvalue weighted by Crippen LogP contribution is 2.28. The van der Waals surface area contributed by atoms with Crippen LogP contribution in [0.4, 0.5) is 4.39 Å². The van der Waals surface area contributed by atoms with Gasteiger partial charge in [-0.25, -0.2) is 4.39 Å². The average molecular weight is 271 g/mol. The molecule has 0 heterocycles. The summed E-state index contributed by atoms with van der Waals surface area (Å²) in [5, 5.41) is 0. The molecule has 106 valence electrons. The summed E-state index contributed by atoms with van der Waals surface area (Å²) in [5.74, 6) is 0.408. The van der Waals surface area contributed by atoms with Gasteiger partial charge in [-0.05, 0) is 53.6 Å². The van der Waals surface area contributed by atoms with Gasteiger partial charge in [0.25, 0.3) is 0 Å². The lowest BCUT2D eigenvalue weighted by Crippen LogP contribution is -2.07. The highest BCUT2D eigenvalue weighted by molar-refractivity contribution is 5.68. The molecule has 0 amide bonds. The van der Waals surface area contributed by atoms with Crippen LogP contribution < -0.4 is 5.73 Å². The molecule has 20 heavy (non-hydrogen) atoms. The second-order valence-corrected chi connectivity index (χ2v) is 5.82. The molecule has 2 aromatic carbocycles. The largest absolute Gasteiger partial charge is 0.324 e. The first-order chi connectivity index (χ1) is 9.47. The first-order valence-electron chi connectivity index (χ1n) is 7.11. The zero-order valence-corrected chi connectivity index (χ0v) is 12.4. The van der Waals surface area contributed by atoms with Gasteiger partial charge < -0.3 is 5.73 Å². The van der Waals surface area contributed by atoms with E-state index in [9.17, 15) is 4.39 Å². The van der Waals surface area contributed by atoms with E-state index in [1.54, 1.807) is 12.1 Å². The number of hydrogen-bond donors (Lipinski definition) is 1. The van der Waals surface area contributed by atoms with Crippen molar-refractivity contribution in [2.45, 2.75) is 33.2 Å². The summed E-state index contributed by atoms with van der Waals surface area (Å²) in [7, 11) is 0. The van der Waals surface area contributed by atoms with Gasteiger partial charge in [-0.3, -0.25) is 0 Å². The van der Waals surface area contributed by atoms with E-state index in [4.69, 9.17) is 5.73 Å². The molecule has 0 aliphatic carbocycles. The number of halogens is 1. The highest BCUT2D eigenvalue weighted by Gasteiger charge is 2.10. The molecule has 1 nitrogen and oxygen atoms in total. The summed E-state index contributed by atoms with van der Waals surface area (Å²) in [6.07, 6.45) is 1.06. The molecular weight excluding hydrogens is 249 g/mol. The van der Waals surface area contributed by atoms with Crippen molar-refractivity contribution < 1.29 is 4.39 Å². The lowest BCUT2D eigenvalue weighted by atomic mass is 9.94. The average Bonchev–Trinajstić information content (AvgIpc) is 2.38. The van der Waals surface area contributed by atoms with E-state index in [-0.39, 0.29) is 11.9 Å². The Labute approximate surface area is 120 Å². The quantitative estimate of drug-likeness (QED) is 0.856. The van der Waals surface area contributed by atoms with Crippen molar-refractivity contribution in [3.8, 4) is 11.1 Å². The molecule has 0 saturated heterocycles. The van der Waals surface area contributed by atoms with Crippen LogP contribution >= 0.6 is 0 Å². The summed E-state index contributed by atoms with van der Waals surface area (Å²) >= 11 is 0. The molecule has 0 radical (unpaired) electrons. The van der Waals surface area contributed by atoms with Crippen molar-refractivity contribution in [1.29, 1.82) is 0 Å². The Morgan fingerprint density at radius 3 is 2.20 bits per heavy atom. The zero-order valence-electron chi connectivity index (χ0n) is 12.4. The van der Waals surface area contributed by atoms with Crippen LogP contribution in [0, 0.1) is 11.7 Å². The fourth-order valence-corrected chi connectivity index (χ4v) is 2.47. The van der Waals surface area contributed by atoms with Crippen LogP contribution in [-0.4, -0.2) is 0 Å². The first-order valence-corrected chi connectivity index (χ1v) is 7.11. The van der Waals surface area contributed by atoms with Crippen molar-refractivity contribution in [2.24, 2.45) is 11.7 Å². The maximum atomic E-state index is 13.5. The molecule has 2 aromatic rings. The molecule has 2 N–H and O–H groups in total. The molecule has 0 bridgehead atoms. The minimum Gasteiger partial charge on any atom is -0.324 e. The van der Waals surface area contributed by atoms with E-state index in [1.807, 2.05) is 6.92 Å². The van der Waals surface area contributed by atoms with Crippen LogP contribution in [0.25, 0.3) is 11.1 Å².